The fourth-order valence-electron chi connectivity index (χ4n) is 2.16. The molecule has 0 bridgehead atoms. The molecule has 2 rings (SSSR count). The van der Waals surface area contributed by atoms with E-state index in [9.17, 15) is 0 Å². The number of allylic oxidation sites excluding steroid dienone is 5. The van der Waals surface area contributed by atoms with Crippen molar-refractivity contribution in [2.75, 3.05) is 0 Å². The highest BCUT2D eigenvalue weighted by molar-refractivity contribution is 8.04. The fraction of sp³-hybridized carbons (Fsp3) is 0.538. The highest BCUT2D eigenvalue weighted by atomic mass is 32.2. The Labute approximate surface area is 91.2 Å². The molecule has 2 aliphatic rings. The molecule has 1 heterocycles. The van der Waals surface area contributed by atoms with Crippen molar-refractivity contribution in [3.63, 3.8) is 0 Å². The minimum absolute atomic E-state index is 0.756. The molecular formula is C13H18S. The van der Waals surface area contributed by atoms with E-state index in [1.54, 1.807) is 16.1 Å². The van der Waals surface area contributed by atoms with E-state index >= 15 is 0 Å². The van der Waals surface area contributed by atoms with Gasteiger partial charge in [0.1, 0.15) is 0 Å². The van der Waals surface area contributed by atoms with Gasteiger partial charge in [0.25, 0.3) is 0 Å². The zero-order valence-electron chi connectivity index (χ0n) is 9.05. The lowest BCUT2D eigenvalue weighted by atomic mass is 10.0. The van der Waals surface area contributed by atoms with Gasteiger partial charge in [0.2, 0.25) is 0 Å². The fourth-order valence-corrected chi connectivity index (χ4v) is 3.83. The maximum atomic E-state index is 2.31. The second-order valence-electron chi connectivity index (χ2n) is 3.96. The summed E-state index contributed by atoms with van der Waals surface area (Å²) < 4.78 is 0. The summed E-state index contributed by atoms with van der Waals surface area (Å²) in [7, 11) is 0. The molecule has 0 aromatic rings. The minimum Gasteiger partial charge on any atom is -0.122 e. The lowest BCUT2D eigenvalue weighted by Crippen LogP contribution is -2.00. The van der Waals surface area contributed by atoms with Gasteiger partial charge in [0, 0.05) is 5.25 Å². The predicted octanol–water partition coefficient (Wildman–Crippen LogP) is 4.45. The summed E-state index contributed by atoms with van der Waals surface area (Å²) in [6, 6.07) is 0. The first kappa shape index (κ1) is 10.1. The first-order chi connectivity index (χ1) is 6.86. The molecule has 0 nitrogen and oxygen atoms in total. The van der Waals surface area contributed by atoms with E-state index in [1.165, 1.54) is 25.7 Å². The molecule has 0 saturated carbocycles. The van der Waals surface area contributed by atoms with Crippen LogP contribution in [0.3, 0.4) is 0 Å². The van der Waals surface area contributed by atoms with Gasteiger partial charge in [-0.2, -0.15) is 0 Å². The standard InChI is InChI=1S/C13H18S/c1-3-6-12-10-8-5-9-11(10)13(14-12)7-4-2/h5,8-9,12H,3-4,6-7H2,1-2H3. The number of thioether (sulfide) groups is 1. The molecule has 1 aliphatic carbocycles. The summed E-state index contributed by atoms with van der Waals surface area (Å²) in [4.78, 5) is 1.63. The SMILES string of the molecule is CCCC1=C2C=CC=C2C(CCC)S1. The van der Waals surface area contributed by atoms with Crippen LogP contribution < -0.4 is 0 Å². The summed E-state index contributed by atoms with van der Waals surface area (Å²) in [5, 5.41) is 0.756. The monoisotopic (exact) mass is 206 g/mol. The Morgan fingerprint density at radius 3 is 2.86 bits per heavy atom. The average Bonchev–Trinajstić information content (AvgIpc) is 2.72. The van der Waals surface area contributed by atoms with Gasteiger partial charge in [-0.25, -0.2) is 0 Å². The Morgan fingerprint density at radius 1 is 1.29 bits per heavy atom. The molecular weight excluding hydrogens is 188 g/mol. The minimum atomic E-state index is 0.756. The summed E-state index contributed by atoms with van der Waals surface area (Å²) in [6.45, 7) is 4.55. The Kier molecular flexibility index (Phi) is 3.17. The van der Waals surface area contributed by atoms with Crippen molar-refractivity contribution in [2.45, 2.75) is 44.8 Å². The summed E-state index contributed by atoms with van der Waals surface area (Å²) in [6.07, 6.45) is 12.0. The van der Waals surface area contributed by atoms with Crippen molar-refractivity contribution in [1.82, 2.24) is 0 Å². The summed E-state index contributed by atoms with van der Waals surface area (Å²) in [5.41, 5.74) is 3.15. The van der Waals surface area contributed by atoms with Crippen molar-refractivity contribution < 1.29 is 0 Å². The van der Waals surface area contributed by atoms with Crippen molar-refractivity contribution in [3.05, 3.63) is 34.3 Å². The molecule has 0 saturated heterocycles. The highest BCUT2D eigenvalue weighted by Gasteiger charge is 2.28. The molecule has 0 fully saturated rings. The van der Waals surface area contributed by atoms with Crippen LogP contribution in [0.2, 0.25) is 0 Å². The van der Waals surface area contributed by atoms with Crippen molar-refractivity contribution in [1.29, 1.82) is 0 Å². The molecule has 1 aliphatic heterocycles. The van der Waals surface area contributed by atoms with Crippen LogP contribution in [0.15, 0.2) is 34.3 Å². The second kappa shape index (κ2) is 4.39. The zero-order valence-corrected chi connectivity index (χ0v) is 9.86. The Balaban J connectivity index is 2.15. The second-order valence-corrected chi connectivity index (χ2v) is 5.26. The third kappa shape index (κ3) is 1.70. The smallest absolute Gasteiger partial charge is 0.0347 e. The molecule has 0 aromatic carbocycles. The van der Waals surface area contributed by atoms with Crippen LogP contribution in [0.5, 0.6) is 0 Å². The Morgan fingerprint density at radius 2 is 2.14 bits per heavy atom. The van der Waals surface area contributed by atoms with E-state index in [4.69, 9.17) is 0 Å². The maximum Gasteiger partial charge on any atom is 0.0347 e. The van der Waals surface area contributed by atoms with E-state index in [2.05, 4.69) is 43.8 Å². The third-order valence-corrected chi connectivity index (χ3v) is 4.29. The van der Waals surface area contributed by atoms with E-state index in [0.29, 0.717) is 0 Å². The Bertz CT molecular complexity index is 307. The largest absolute Gasteiger partial charge is 0.122 e. The molecule has 0 N–H and O–H groups in total. The van der Waals surface area contributed by atoms with Gasteiger partial charge >= 0.3 is 0 Å². The van der Waals surface area contributed by atoms with Gasteiger partial charge in [-0.15, -0.1) is 11.8 Å². The third-order valence-electron chi connectivity index (χ3n) is 2.81. The van der Waals surface area contributed by atoms with E-state index in [0.717, 1.165) is 5.25 Å². The van der Waals surface area contributed by atoms with Crippen molar-refractivity contribution >= 4 is 11.8 Å². The van der Waals surface area contributed by atoms with Gasteiger partial charge in [-0.3, -0.25) is 0 Å². The topological polar surface area (TPSA) is 0 Å². The van der Waals surface area contributed by atoms with Crippen LogP contribution in [0.1, 0.15) is 39.5 Å². The maximum absolute atomic E-state index is 2.31. The Hall–Kier alpha value is -0.430. The zero-order chi connectivity index (χ0) is 9.97. The molecule has 0 spiro atoms. The normalized spacial score (nSPS) is 24.4. The van der Waals surface area contributed by atoms with E-state index in [1.807, 2.05) is 0 Å². The molecule has 14 heavy (non-hydrogen) atoms. The van der Waals surface area contributed by atoms with Crippen LogP contribution in [0.25, 0.3) is 0 Å². The van der Waals surface area contributed by atoms with Crippen LogP contribution in [-0.4, -0.2) is 5.25 Å². The van der Waals surface area contributed by atoms with Crippen LogP contribution >= 0.6 is 11.8 Å². The lowest BCUT2D eigenvalue weighted by Gasteiger charge is -2.09. The quantitative estimate of drug-likeness (QED) is 0.654. The van der Waals surface area contributed by atoms with Gasteiger partial charge in [-0.05, 0) is 28.9 Å². The van der Waals surface area contributed by atoms with Crippen molar-refractivity contribution in [2.24, 2.45) is 0 Å². The van der Waals surface area contributed by atoms with Crippen LogP contribution in [0, 0.1) is 0 Å². The number of hydrogen-bond donors (Lipinski definition) is 0. The molecule has 76 valence electrons. The van der Waals surface area contributed by atoms with Crippen molar-refractivity contribution in [3.8, 4) is 0 Å². The highest BCUT2D eigenvalue weighted by Crippen LogP contribution is 2.47. The average molecular weight is 206 g/mol. The van der Waals surface area contributed by atoms with Gasteiger partial charge in [0.15, 0.2) is 0 Å². The summed E-state index contributed by atoms with van der Waals surface area (Å²) >= 11 is 2.11. The number of fused-ring (bicyclic) bond motifs is 1. The van der Waals surface area contributed by atoms with Crippen LogP contribution in [-0.2, 0) is 0 Å². The molecule has 1 atom stereocenters. The van der Waals surface area contributed by atoms with Gasteiger partial charge in [0.05, 0.1) is 0 Å². The molecule has 1 unspecified atom stereocenters. The van der Waals surface area contributed by atoms with Gasteiger partial charge < -0.3 is 0 Å². The van der Waals surface area contributed by atoms with Crippen LogP contribution in [0.4, 0.5) is 0 Å². The lowest BCUT2D eigenvalue weighted by molar-refractivity contribution is 0.815. The molecule has 0 radical (unpaired) electrons. The number of hydrogen-bond acceptors (Lipinski definition) is 1. The predicted molar refractivity (Wildman–Crippen MR) is 65.4 cm³/mol. The number of rotatable bonds is 4. The van der Waals surface area contributed by atoms with E-state index in [-0.39, 0.29) is 0 Å². The molecule has 0 amide bonds. The molecule has 0 aromatic heterocycles. The molecule has 1 heteroatoms. The first-order valence-electron chi connectivity index (χ1n) is 5.65. The van der Waals surface area contributed by atoms with Gasteiger partial charge in [-0.1, -0.05) is 44.9 Å². The van der Waals surface area contributed by atoms with E-state index < -0.39 is 0 Å². The summed E-state index contributed by atoms with van der Waals surface area (Å²) in [5.74, 6) is 0. The first-order valence-corrected chi connectivity index (χ1v) is 6.53.